The van der Waals surface area contributed by atoms with Gasteiger partial charge in [-0.15, -0.1) is 11.8 Å². The van der Waals surface area contributed by atoms with E-state index in [9.17, 15) is 0 Å². The normalized spacial score (nSPS) is 17.0. The summed E-state index contributed by atoms with van der Waals surface area (Å²) >= 11 is 1.93. The number of hydrogen-bond donors (Lipinski definition) is 1. The van der Waals surface area contributed by atoms with Crippen molar-refractivity contribution in [3.63, 3.8) is 0 Å². The molecule has 1 aliphatic rings. The van der Waals surface area contributed by atoms with E-state index in [1.54, 1.807) is 0 Å². The Morgan fingerprint density at radius 1 is 1.58 bits per heavy atom. The van der Waals surface area contributed by atoms with Gasteiger partial charge < -0.3 is 5.32 Å². The summed E-state index contributed by atoms with van der Waals surface area (Å²) < 4.78 is 0. The molecule has 1 heterocycles. The fraction of sp³-hybridized carbons (Fsp3) is 0.600. The van der Waals surface area contributed by atoms with Crippen LogP contribution in [0, 0.1) is 0 Å². The first-order valence-electron chi connectivity index (χ1n) is 4.54. The van der Waals surface area contributed by atoms with E-state index in [0.717, 1.165) is 6.54 Å². The Labute approximate surface area is 80.3 Å². The molecule has 0 spiro atoms. The molecule has 1 aliphatic heterocycles. The molecule has 1 rings (SSSR count). The molecule has 0 saturated heterocycles. The van der Waals surface area contributed by atoms with Gasteiger partial charge in [0.15, 0.2) is 0 Å². The van der Waals surface area contributed by atoms with Gasteiger partial charge in [0.1, 0.15) is 0 Å². The second-order valence-electron chi connectivity index (χ2n) is 2.28. The highest BCUT2D eigenvalue weighted by molar-refractivity contribution is 8.03. The lowest BCUT2D eigenvalue weighted by Crippen LogP contribution is -2.14. The van der Waals surface area contributed by atoms with E-state index < -0.39 is 0 Å². The molecule has 12 heavy (non-hydrogen) atoms. The Kier molecular flexibility index (Phi) is 7.06. The number of thioether (sulfide) groups is 1. The topological polar surface area (TPSA) is 12.0 Å². The number of rotatable bonds is 1. The van der Waals surface area contributed by atoms with Gasteiger partial charge in [-0.3, -0.25) is 0 Å². The van der Waals surface area contributed by atoms with Crippen molar-refractivity contribution in [1.29, 1.82) is 0 Å². The average Bonchev–Trinajstić information content (AvgIpc) is 2.21. The van der Waals surface area contributed by atoms with E-state index in [1.165, 1.54) is 16.2 Å². The van der Waals surface area contributed by atoms with Crippen LogP contribution in [-0.2, 0) is 0 Å². The summed E-state index contributed by atoms with van der Waals surface area (Å²) in [6.45, 7) is 9.32. The highest BCUT2D eigenvalue weighted by atomic mass is 32.2. The van der Waals surface area contributed by atoms with Gasteiger partial charge in [-0.05, 0) is 19.4 Å². The first-order chi connectivity index (χ1) is 5.84. The van der Waals surface area contributed by atoms with Gasteiger partial charge in [-0.25, -0.2) is 0 Å². The fourth-order valence-corrected chi connectivity index (χ4v) is 1.75. The third kappa shape index (κ3) is 3.86. The standard InChI is InChI=1S/C8H13NS.C2H6/c1-3-7(2)8-6-9-4-5-10-8;1-2/h3,6,9H,4-5H2,1-2H3;1-2H3/b7-3+;. The van der Waals surface area contributed by atoms with Crippen LogP contribution in [0.5, 0.6) is 0 Å². The maximum absolute atomic E-state index is 3.23. The number of allylic oxidation sites excluding steroid dienone is 2. The fourth-order valence-electron chi connectivity index (χ4n) is 0.796. The van der Waals surface area contributed by atoms with Crippen LogP contribution in [0.25, 0.3) is 0 Å². The Balaban J connectivity index is 0.000000561. The van der Waals surface area contributed by atoms with E-state index in [-0.39, 0.29) is 0 Å². The summed E-state index contributed by atoms with van der Waals surface area (Å²) in [5.41, 5.74) is 1.37. The molecule has 0 fully saturated rings. The molecule has 0 unspecified atom stereocenters. The summed E-state index contributed by atoms with van der Waals surface area (Å²) in [4.78, 5) is 1.38. The second-order valence-corrected chi connectivity index (χ2v) is 3.42. The van der Waals surface area contributed by atoms with Crippen molar-refractivity contribution in [2.24, 2.45) is 0 Å². The van der Waals surface area contributed by atoms with Gasteiger partial charge in [-0.2, -0.15) is 0 Å². The van der Waals surface area contributed by atoms with Gasteiger partial charge in [0, 0.05) is 23.4 Å². The van der Waals surface area contributed by atoms with Crippen molar-refractivity contribution >= 4 is 11.8 Å². The molecule has 2 heteroatoms. The lowest BCUT2D eigenvalue weighted by Gasteiger charge is -2.13. The minimum atomic E-state index is 1.10. The zero-order valence-corrected chi connectivity index (χ0v) is 9.29. The van der Waals surface area contributed by atoms with E-state index in [4.69, 9.17) is 0 Å². The Morgan fingerprint density at radius 2 is 2.25 bits per heavy atom. The van der Waals surface area contributed by atoms with Crippen LogP contribution < -0.4 is 5.32 Å². The Bertz CT molecular complexity index is 171. The van der Waals surface area contributed by atoms with Crippen molar-refractivity contribution in [3.8, 4) is 0 Å². The molecule has 70 valence electrons. The Morgan fingerprint density at radius 3 is 2.67 bits per heavy atom. The van der Waals surface area contributed by atoms with Crippen molar-refractivity contribution in [2.45, 2.75) is 27.7 Å². The van der Waals surface area contributed by atoms with Crippen LogP contribution in [0.4, 0.5) is 0 Å². The molecular weight excluding hydrogens is 166 g/mol. The summed E-state index contributed by atoms with van der Waals surface area (Å²) in [6, 6.07) is 0. The van der Waals surface area contributed by atoms with Crippen molar-refractivity contribution in [1.82, 2.24) is 5.32 Å². The number of hydrogen-bond acceptors (Lipinski definition) is 2. The zero-order chi connectivity index (χ0) is 9.40. The van der Waals surface area contributed by atoms with E-state index in [2.05, 4.69) is 31.4 Å². The quantitative estimate of drug-likeness (QED) is 0.673. The van der Waals surface area contributed by atoms with Crippen LogP contribution in [-0.4, -0.2) is 12.3 Å². The average molecular weight is 185 g/mol. The molecule has 0 saturated carbocycles. The molecule has 0 aromatic heterocycles. The van der Waals surface area contributed by atoms with Crippen LogP contribution in [0.15, 0.2) is 22.8 Å². The minimum absolute atomic E-state index is 1.10. The highest BCUT2D eigenvalue weighted by Gasteiger charge is 2.03. The molecule has 0 aliphatic carbocycles. The monoisotopic (exact) mass is 185 g/mol. The summed E-state index contributed by atoms with van der Waals surface area (Å²) in [5.74, 6) is 1.19. The lowest BCUT2D eigenvalue weighted by molar-refractivity contribution is 0.915. The number of nitrogens with one attached hydrogen (secondary N) is 1. The van der Waals surface area contributed by atoms with Crippen molar-refractivity contribution < 1.29 is 0 Å². The predicted molar refractivity (Wildman–Crippen MR) is 59.3 cm³/mol. The zero-order valence-electron chi connectivity index (χ0n) is 8.48. The van der Waals surface area contributed by atoms with E-state index >= 15 is 0 Å². The molecule has 0 atom stereocenters. The SMILES string of the molecule is C/C=C(\C)C1=CNCCS1.CC. The Hall–Kier alpha value is -0.370. The summed E-state index contributed by atoms with van der Waals surface area (Å²) in [5, 5.41) is 3.23. The van der Waals surface area contributed by atoms with Crippen LogP contribution in [0.2, 0.25) is 0 Å². The van der Waals surface area contributed by atoms with Crippen molar-refractivity contribution in [2.75, 3.05) is 12.3 Å². The van der Waals surface area contributed by atoms with Crippen LogP contribution >= 0.6 is 11.8 Å². The molecular formula is C10H19NS. The molecule has 0 aromatic carbocycles. The third-order valence-corrected chi connectivity index (χ3v) is 2.72. The molecule has 0 bridgehead atoms. The molecule has 0 radical (unpaired) electrons. The molecule has 0 amide bonds. The maximum atomic E-state index is 3.23. The van der Waals surface area contributed by atoms with Crippen LogP contribution in [0.1, 0.15) is 27.7 Å². The minimum Gasteiger partial charge on any atom is -0.389 e. The lowest BCUT2D eigenvalue weighted by atomic mass is 10.3. The molecule has 0 aromatic rings. The van der Waals surface area contributed by atoms with Crippen molar-refractivity contribution in [3.05, 3.63) is 22.8 Å². The van der Waals surface area contributed by atoms with Gasteiger partial charge in [-0.1, -0.05) is 19.9 Å². The largest absolute Gasteiger partial charge is 0.389 e. The smallest absolute Gasteiger partial charge is 0.0255 e. The highest BCUT2D eigenvalue weighted by Crippen LogP contribution is 2.24. The van der Waals surface area contributed by atoms with Gasteiger partial charge in [0.05, 0.1) is 0 Å². The second kappa shape index (κ2) is 7.29. The maximum Gasteiger partial charge on any atom is 0.0255 e. The molecule has 1 nitrogen and oxygen atoms in total. The van der Waals surface area contributed by atoms with Gasteiger partial charge in [0.25, 0.3) is 0 Å². The first-order valence-corrected chi connectivity index (χ1v) is 5.53. The summed E-state index contributed by atoms with van der Waals surface area (Å²) in [6.07, 6.45) is 4.25. The van der Waals surface area contributed by atoms with E-state index in [1.807, 2.05) is 25.6 Å². The van der Waals surface area contributed by atoms with Crippen LogP contribution in [0.3, 0.4) is 0 Å². The van der Waals surface area contributed by atoms with Gasteiger partial charge >= 0.3 is 0 Å². The first kappa shape index (κ1) is 11.6. The third-order valence-electron chi connectivity index (χ3n) is 1.56. The molecule has 1 N–H and O–H groups in total. The van der Waals surface area contributed by atoms with E-state index in [0.29, 0.717) is 0 Å². The predicted octanol–water partition coefficient (Wildman–Crippen LogP) is 3.16. The summed E-state index contributed by atoms with van der Waals surface area (Å²) in [7, 11) is 0. The van der Waals surface area contributed by atoms with Gasteiger partial charge in [0.2, 0.25) is 0 Å².